The van der Waals surface area contributed by atoms with E-state index in [0.29, 0.717) is 12.5 Å². The lowest BCUT2D eigenvalue weighted by Gasteiger charge is -2.30. The van der Waals surface area contributed by atoms with E-state index in [1.807, 2.05) is 0 Å². The van der Waals surface area contributed by atoms with E-state index in [4.69, 9.17) is 0 Å². The van der Waals surface area contributed by atoms with E-state index < -0.39 is 0 Å². The molecule has 0 spiro atoms. The predicted molar refractivity (Wildman–Crippen MR) is 71.3 cm³/mol. The molecular weight excluding hydrogens is 226 g/mol. The van der Waals surface area contributed by atoms with Crippen LogP contribution >= 0.6 is 0 Å². The number of nitrogens with one attached hydrogen (secondary N) is 1. The van der Waals surface area contributed by atoms with Crippen LogP contribution in [0.5, 0.6) is 0 Å². The van der Waals surface area contributed by atoms with Crippen LogP contribution in [0.25, 0.3) is 0 Å². The number of hydrogen-bond acceptors (Lipinski definition) is 3. The molecule has 0 aromatic heterocycles. The molecule has 1 N–H and O–H groups in total. The van der Waals surface area contributed by atoms with Crippen LogP contribution in [0.3, 0.4) is 0 Å². The summed E-state index contributed by atoms with van der Waals surface area (Å²) in [5.74, 6) is 2.00. The zero-order valence-electron chi connectivity index (χ0n) is 11.2. The summed E-state index contributed by atoms with van der Waals surface area (Å²) in [6, 6.07) is 0. The van der Waals surface area contributed by atoms with E-state index >= 15 is 0 Å². The molecule has 0 unspecified atom stereocenters. The van der Waals surface area contributed by atoms with E-state index in [1.54, 1.807) is 0 Å². The lowest BCUT2D eigenvalue weighted by molar-refractivity contribution is -0.133. The van der Waals surface area contributed by atoms with Crippen molar-refractivity contribution in [3.8, 4) is 0 Å². The van der Waals surface area contributed by atoms with Gasteiger partial charge < -0.3 is 10.2 Å². The van der Waals surface area contributed by atoms with Crippen molar-refractivity contribution in [3.63, 3.8) is 0 Å². The molecule has 3 rings (SSSR count). The number of nitrogens with zero attached hydrogens (tertiary/aromatic N) is 2. The van der Waals surface area contributed by atoms with Gasteiger partial charge in [-0.05, 0) is 37.5 Å². The van der Waals surface area contributed by atoms with Crippen LogP contribution in [-0.2, 0) is 4.79 Å². The highest BCUT2D eigenvalue weighted by Crippen LogP contribution is 2.33. The Morgan fingerprint density at radius 1 is 1.06 bits per heavy atom. The lowest BCUT2D eigenvalue weighted by Crippen LogP contribution is -2.49. The van der Waals surface area contributed by atoms with Gasteiger partial charge in [0, 0.05) is 39.3 Å². The van der Waals surface area contributed by atoms with Gasteiger partial charge >= 0.3 is 0 Å². The van der Waals surface area contributed by atoms with E-state index in [1.165, 1.54) is 25.7 Å². The Morgan fingerprint density at radius 2 is 1.61 bits per heavy atom. The third-order valence-electron chi connectivity index (χ3n) is 4.27. The van der Waals surface area contributed by atoms with E-state index in [9.17, 15) is 4.79 Å². The largest absolute Gasteiger partial charge is 0.341 e. The first kappa shape index (κ1) is 12.4. The molecule has 0 atom stereocenters. The number of carbonyl (C=O) groups excluding carboxylic acids is 1. The average molecular weight is 251 g/mol. The Labute approximate surface area is 110 Å². The molecular formula is C14H25N3O. The van der Waals surface area contributed by atoms with Gasteiger partial charge in [-0.1, -0.05) is 0 Å². The van der Waals surface area contributed by atoms with Gasteiger partial charge in [0.25, 0.3) is 0 Å². The molecule has 4 nitrogen and oxygen atoms in total. The quantitative estimate of drug-likeness (QED) is 0.748. The molecule has 2 saturated carbocycles. The molecule has 102 valence electrons. The van der Waals surface area contributed by atoms with Gasteiger partial charge in [0.1, 0.15) is 0 Å². The summed E-state index contributed by atoms with van der Waals surface area (Å²) in [4.78, 5) is 16.9. The molecule has 1 aliphatic heterocycles. The smallest absolute Gasteiger partial charge is 0.236 e. The van der Waals surface area contributed by atoms with Crippen LogP contribution in [0.4, 0.5) is 0 Å². The van der Waals surface area contributed by atoms with Gasteiger partial charge in [-0.3, -0.25) is 9.69 Å². The van der Waals surface area contributed by atoms with Gasteiger partial charge in [0.2, 0.25) is 5.91 Å². The van der Waals surface area contributed by atoms with Crippen molar-refractivity contribution in [2.24, 2.45) is 11.8 Å². The Morgan fingerprint density at radius 3 is 2.11 bits per heavy atom. The Bertz CT molecular complexity index is 279. The van der Waals surface area contributed by atoms with Crippen LogP contribution in [0.15, 0.2) is 0 Å². The maximum absolute atomic E-state index is 12.4. The molecule has 0 aromatic carbocycles. The summed E-state index contributed by atoms with van der Waals surface area (Å²) in [7, 11) is 0. The minimum absolute atomic E-state index is 0.371. The Hall–Kier alpha value is -0.610. The monoisotopic (exact) mass is 251 g/mol. The van der Waals surface area contributed by atoms with Gasteiger partial charge in [-0.2, -0.15) is 0 Å². The molecule has 3 aliphatic rings. The first-order valence-corrected chi connectivity index (χ1v) is 7.52. The minimum Gasteiger partial charge on any atom is -0.341 e. The van der Waals surface area contributed by atoms with Gasteiger partial charge in [-0.25, -0.2) is 0 Å². The predicted octanol–water partition coefficient (Wildman–Crippen LogP) is 0.540. The van der Waals surface area contributed by atoms with Crippen molar-refractivity contribution in [1.82, 2.24) is 15.1 Å². The van der Waals surface area contributed by atoms with Crippen LogP contribution in [-0.4, -0.2) is 61.5 Å². The molecule has 1 amide bonds. The van der Waals surface area contributed by atoms with Crippen LogP contribution < -0.4 is 5.32 Å². The fourth-order valence-corrected chi connectivity index (χ4v) is 2.66. The fraction of sp³-hybridized carbons (Fsp3) is 0.929. The molecule has 1 saturated heterocycles. The highest BCUT2D eigenvalue weighted by molar-refractivity contribution is 5.78. The minimum atomic E-state index is 0.371. The zero-order chi connectivity index (χ0) is 12.4. The van der Waals surface area contributed by atoms with Crippen molar-refractivity contribution in [3.05, 3.63) is 0 Å². The zero-order valence-corrected chi connectivity index (χ0v) is 11.2. The van der Waals surface area contributed by atoms with Crippen molar-refractivity contribution in [2.75, 3.05) is 45.8 Å². The van der Waals surface area contributed by atoms with Crippen LogP contribution in [0, 0.1) is 11.8 Å². The molecule has 0 radical (unpaired) electrons. The maximum atomic E-state index is 12.4. The molecule has 2 aliphatic carbocycles. The third-order valence-corrected chi connectivity index (χ3v) is 4.27. The summed E-state index contributed by atoms with van der Waals surface area (Å²) < 4.78 is 0. The number of piperazine rings is 1. The highest BCUT2D eigenvalue weighted by Gasteiger charge is 2.31. The molecule has 18 heavy (non-hydrogen) atoms. The summed E-state index contributed by atoms with van der Waals surface area (Å²) >= 11 is 0. The Kier molecular flexibility index (Phi) is 3.85. The molecule has 3 fully saturated rings. The normalized spacial score (nSPS) is 25.1. The number of carbonyl (C=O) groups is 1. The van der Waals surface area contributed by atoms with Crippen molar-refractivity contribution < 1.29 is 4.79 Å². The fourth-order valence-electron chi connectivity index (χ4n) is 2.66. The van der Waals surface area contributed by atoms with Gasteiger partial charge in [-0.15, -0.1) is 0 Å². The SMILES string of the molecule is O=C(CN1CCNCC1)N(CC1CC1)CC1CC1. The van der Waals surface area contributed by atoms with Crippen molar-refractivity contribution in [1.29, 1.82) is 0 Å². The standard InChI is InChI=1S/C14H25N3O/c18-14(11-16-7-5-15-6-8-16)17(9-12-1-2-12)10-13-3-4-13/h12-13,15H,1-11H2. The summed E-state index contributed by atoms with van der Waals surface area (Å²) in [6.45, 7) is 6.79. The first-order valence-electron chi connectivity index (χ1n) is 7.52. The third kappa shape index (κ3) is 3.69. The van der Waals surface area contributed by atoms with E-state index in [0.717, 1.165) is 51.1 Å². The first-order chi connectivity index (χ1) is 8.81. The molecule has 4 heteroatoms. The maximum Gasteiger partial charge on any atom is 0.236 e. The number of amides is 1. The van der Waals surface area contributed by atoms with Crippen molar-refractivity contribution in [2.45, 2.75) is 25.7 Å². The molecule has 0 bridgehead atoms. The van der Waals surface area contributed by atoms with Gasteiger partial charge in [0.05, 0.1) is 6.54 Å². The molecule has 0 aromatic rings. The summed E-state index contributed by atoms with van der Waals surface area (Å²) in [6.07, 6.45) is 5.34. The van der Waals surface area contributed by atoms with Crippen LogP contribution in [0.1, 0.15) is 25.7 Å². The van der Waals surface area contributed by atoms with E-state index in [-0.39, 0.29) is 0 Å². The second-order valence-electron chi connectivity index (χ2n) is 6.21. The second kappa shape index (κ2) is 5.57. The number of rotatable bonds is 6. The Balaban J connectivity index is 1.48. The molecule has 1 heterocycles. The highest BCUT2D eigenvalue weighted by atomic mass is 16.2. The number of hydrogen-bond donors (Lipinski definition) is 1. The van der Waals surface area contributed by atoms with E-state index in [2.05, 4.69) is 15.1 Å². The summed E-state index contributed by atoms with van der Waals surface area (Å²) in [5.41, 5.74) is 0. The van der Waals surface area contributed by atoms with Crippen molar-refractivity contribution >= 4 is 5.91 Å². The lowest BCUT2D eigenvalue weighted by atomic mass is 10.3. The average Bonchev–Trinajstić information content (AvgIpc) is 3.24. The topological polar surface area (TPSA) is 35.6 Å². The summed E-state index contributed by atoms with van der Waals surface area (Å²) in [5, 5.41) is 3.34. The van der Waals surface area contributed by atoms with Crippen LogP contribution in [0.2, 0.25) is 0 Å². The van der Waals surface area contributed by atoms with Gasteiger partial charge in [0.15, 0.2) is 0 Å². The second-order valence-corrected chi connectivity index (χ2v) is 6.21.